The summed E-state index contributed by atoms with van der Waals surface area (Å²) in [4.78, 5) is 66.1. The Kier molecular flexibility index (Phi) is 9.77. The van der Waals surface area contributed by atoms with Crippen LogP contribution in [0.4, 0.5) is 11.6 Å². The van der Waals surface area contributed by atoms with Crippen molar-refractivity contribution in [1.29, 1.82) is 0 Å². The molecule has 0 spiro atoms. The molecule has 2 aliphatic carbocycles. The maximum atomic E-state index is 13.5. The van der Waals surface area contributed by atoms with Crippen LogP contribution in [0, 0.1) is 20.8 Å². The van der Waals surface area contributed by atoms with Gasteiger partial charge in [0.1, 0.15) is 34.7 Å². The topological polar surface area (TPSA) is 169 Å². The summed E-state index contributed by atoms with van der Waals surface area (Å²) in [6.45, 7) is 8.87. The molecule has 2 N–H and O–H groups in total. The van der Waals surface area contributed by atoms with Crippen molar-refractivity contribution in [3.8, 4) is 11.1 Å². The number of ketones is 2. The van der Waals surface area contributed by atoms with Crippen molar-refractivity contribution in [2.24, 2.45) is 0 Å². The minimum Gasteiger partial charge on any atom is -0.361 e. The van der Waals surface area contributed by atoms with Crippen LogP contribution < -0.4 is 5.32 Å². The van der Waals surface area contributed by atoms with Gasteiger partial charge in [-0.2, -0.15) is 5.10 Å². The van der Waals surface area contributed by atoms with Gasteiger partial charge in [-0.3, -0.25) is 24.1 Å². The number of hydrogen-bond donors (Lipinski definition) is 2. The fourth-order valence-corrected chi connectivity index (χ4v) is 8.94. The number of unbranched alkanes of at least 4 members (excludes halogenated alkanes) is 4. The van der Waals surface area contributed by atoms with Crippen LogP contribution in [-0.4, -0.2) is 64.2 Å². The number of benzene rings is 2. The van der Waals surface area contributed by atoms with Gasteiger partial charge in [0.2, 0.25) is 0 Å². The van der Waals surface area contributed by atoms with Gasteiger partial charge in [-0.1, -0.05) is 36.6 Å². The van der Waals surface area contributed by atoms with E-state index in [1.54, 1.807) is 6.07 Å². The van der Waals surface area contributed by atoms with Gasteiger partial charge in [-0.05, 0) is 101 Å². The lowest BCUT2D eigenvalue weighted by molar-refractivity contribution is -0.132. The molecule has 13 nitrogen and oxygen atoms in total. The molecule has 2 fully saturated rings. The Balaban J connectivity index is 0.893. The first-order valence-electron chi connectivity index (χ1n) is 20.7. The second-order valence-electron chi connectivity index (χ2n) is 16.2. The first-order valence-corrected chi connectivity index (χ1v) is 20.7. The molecule has 0 bridgehead atoms. The molecule has 1 aliphatic heterocycles. The van der Waals surface area contributed by atoms with E-state index >= 15 is 0 Å². The lowest BCUT2D eigenvalue weighted by Gasteiger charge is -2.27. The minimum atomic E-state index is -0.860. The molecule has 298 valence electrons. The van der Waals surface area contributed by atoms with Gasteiger partial charge >= 0.3 is 0 Å². The number of imide groups is 1. The standard InChI is InChI=1S/C45H48N8O5/c1-5-52-38(23-33(50-52)27-16-17-27)49-43-41-32-20-24(2)31(39-25(3)51-58-26(39)4)22-34(32)46-42(41)47-37(48-43)15-10-8-6-7-9-12-28-13-11-14-30-40(28)45(57)53(44(30)56)35-19-18-29(54)21-36(35)55/h11,13-14,20,22-23,27,35H,5-10,12,15-19,21H2,1-4H3,(H2,46,47,48,49). The fraction of sp³-hybridized carbons (Fsp3) is 0.422. The van der Waals surface area contributed by atoms with E-state index in [2.05, 4.69) is 47.5 Å². The summed E-state index contributed by atoms with van der Waals surface area (Å²) in [5.41, 5.74) is 8.53. The van der Waals surface area contributed by atoms with Crippen LogP contribution in [0.25, 0.3) is 33.1 Å². The summed E-state index contributed by atoms with van der Waals surface area (Å²) in [6.07, 6.45) is 8.67. The lowest BCUT2D eigenvalue weighted by atomic mass is 9.92. The number of fused-ring (bicyclic) bond motifs is 4. The van der Waals surface area contributed by atoms with Gasteiger partial charge in [-0.25, -0.2) is 14.6 Å². The number of H-pyrrole nitrogens is 1. The molecule has 1 atom stereocenters. The lowest BCUT2D eigenvalue weighted by Crippen LogP contribution is -2.47. The zero-order valence-electron chi connectivity index (χ0n) is 33.5. The van der Waals surface area contributed by atoms with Gasteiger partial charge in [0.15, 0.2) is 5.78 Å². The number of anilines is 2. The number of aromatic amines is 1. The Morgan fingerprint density at radius 3 is 2.41 bits per heavy atom. The van der Waals surface area contributed by atoms with Crippen molar-refractivity contribution < 1.29 is 23.7 Å². The number of carbonyl (C=O) groups is 4. The Bertz CT molecular complexity index is 2630. The van der Waals surface area contributed by atoms with Crippen LogP contribution in [0.3, 0.4) is 0 Å². The van der Waals surface area contributed by atoms with E-state index < -0.39 is 17.9 Å². The maximum Gasteiger partial charge on any atom is 0.262 e. The van der Waals surface area contributed by atoms with Crippen LogP contribution in [0.1, 0.15) is 132 Å². The van der Waals surface area contributed by atoms with Crippen LogP contribution >= 0.6 is 0 Å². The Morgan fingerprint density at radius 1 is 0.879 bits per heavy atom. The largest absolute Gasteiger partial charge is 0.361 e. The predicted octanol–water partition coefficient (Wildman–Crippen LogP) is 8.55. The van der Waals surface area contributed by atoms with Crippen LogP contribution in [0.5, 0.6) is 0 Å². The first-order chi connectivity index (χ1) is 28.1. The molecule has 13 heteroatoms. The molecule has 9 rings (SSSR count). The second-order valence-corrected chi connectivity index (χ2v) is 16.2. The summed E-state index contributed by atoms with van der Waals surface area (Å²) in [5, 5.41) is 14.8. The third kappa shape index (κ3) is 6.79. The molecule has 0 radical (unpaired) electrons. The highest BCUT2D eigenvalue weighted by molar-refractivity contribution is 6.24. The zero-order chi connectivity index (χ0) is 40.2. The number of aryl methyl sites for hydroxylation is 6. The van der Waals surface area contributed by atoms with Gasteiger partial charge in [0, 0.05) is 47.8 Å². The smallest absolute Gasteiger partial charge is 0.262 e. The molecule has 58 heavy (non-hydrogen) atoms. The molecule has 6 aromatic rings. The van der Waals surface area contributed by atoms with E-state index in [0.29, 0.717) is 29.9 Å². The summed E-state index contributed by atoms with van der Waals surface area (Å²) >= 11 is 0. The van der Waals surface area contributed by atoms with Gasteiger partial charge < -0.3 is 14.8 Å². The molecule has 3 aliphatic rings. The summed E-state index contributed by atoms with van der Waals surface area (Å²) in [6, 6.07) is 11.0. The summed E-state index contributed by atoms with van der Waals surface area (Å²) in [7, 11) is 0. The number of amides is 2. The number of hydrogen-bond acceptors (Lipinski definition) is 10. The molecule has 2 aromatic carbocycles. The predicted molar refractivity (Wildman–Crippen MR) is 219 cm³/mol. The van der Waals surface area contributed by atoms with Crippen molar-refractivity contribution in [3.05, 3.63) is 81.6 Å². The monoisotopic (exact) mass is 780 g/mol. The fourth-order valence-electron chi connectivity index (χ4n) is 8.94. The van der Waals surface area contributed by atoms with E-state index in [1.165, 1.54) is 12.8 Å². The highest BCUT2D eigenvalue weighted by atomic mass is 16.5. The van der Waals surface area contributed by atoms with Gasteiger partial charge in [0.05, 0.1) is 40.4 Å². The molecular formula is C45H48N8O5. The number of carbonyl (C=O) groups excluding carboxylic acids is 4. The van der Waals surface area contributed by atoms with Crippen molar-refractivity contribution in [1.82, 2.24) is 34.8 Å². The van der Waals surface area contributed by atoms with Crippen LogP contribution in [0.15, 0.2) is 40.9 Å². The third-order valence-corrected chi connectivity index (χ3v) is 12.1. The molecule has 2 saturated carbocycles. The minimum absolute atomic E-state index is 0.138. The maximum absolute atomic E-state index is 13.5. The summed E-state index contributed by atoms with van der Waals surface area (Å²) in [5.74, 6) is 2.44. The number of nitrogens with one attached hydrogen (secondary N) is 2. The van der Waals surface area contributed by atoms with Crippen molar-refractivity contribution in [2.45, 2.75) is 123 Å². The van der Waals surface area contributed by atoms with Crippen molar-refractivity contribution in [2.75, 3.05) is 5.32 Å². The van der Waals surface area contributed by atoms with E-state index in [1.807, 2.05) is 30.7 Å². The SMILES string of the molecule is CCn1nc(C2CC2)cc1Nc1nc(CCCCCCCc2cccc3c2C(=O)N(C2CCC(=O)CC2=O)C3=O)nc2[nH]c3cc(-c4c(C)noc4C)c(C)cc3c12. The van der Waals surface area contributed by atoms with E-state index in [4.69, 9.17) is 19.6 Å². The van der Waals surface area contributed by atoms with E-state index in [-0.39, 0.29) is 30.8 Å². The average molecular weight is 781 g/mol. The van der Waals surface area contributed by atoms with E-state index in [9.17, 15) is 19.2 Å². The van der Waals surface area contributed by atoms with Gasteiger partial charge in [0.25, 0.3) is 11.8 Å². The highest BCUT2D eigenvalue weighted by Crippen LogP contribution is 2.42. The van der Waals surface area contributed by atoms with Crippen LogP contribution in [0.2, 0.25) is 0 Å². The number of aromatic nitrogens is 6. The third-order valence-electron chi connectivity index (χ3n) is 12.1. The average Bonchev–Trinajstić information content (AvgIpc) is 3.66. The Labute approximate surface area is 336 Å². The van der Waals surface area contributed by atoms with Crippen LogP contribution in [-0.2, 0) is 29.0 Å². The molecular weight excluding hydrogens is 733 g/mol. The number of rotatable bonds is 14. The molecule has 4 aromatic heterocycles. The molecule has 2 amide bonds. The number of nitrogens with zero attached hydrogens (tertiary/aromatic N) is 6. The van der Waals surface area contributed by atoms with Crippen molar-refractivity contribution >= 4 is 57.0 Å². The quantitative estimate of drug-likeness (QED) is 0.0621. The normalized spacial score (nSPS) is 17.0. The second kappa shape index (κ2) is 15.1. The number of Topliss-reactive ketones (excluding diaryl/α,β-unsaturated/α-hetero) is 2. The highest BCUT2D eigenvalue weighted by Gasteiger charge is 2.45. The van der Waals surface area contributed by atoms with Crippen molar-refractivity contribution in [3.63, 3.8) is 0 Å². The molecule has 0 saturated heterocycles. The molecule has 5 heterocycles. The zero-order valence-corrected chi connectivity index (χ0v) is 33.5. The van der Waals surface area contributed by atoms with E-state index in [0.717, 1.165) is 122 Å². The Hall–Kier alpha value is -5.98. The Morgan fingerprint density at radius 2 is 1.67 bits per heavy atom. The van der Waals surface area contributed by atoms with Gasteiger partial charge in [-0.15, -0.1) is 0 Å². The molecule has 1 unspecified atom stereocenters. The first kappa shape index (κ1) is 37.6. The summed E-state index contributed by atoms with van der Waals surface area (Å²) < 4.78 is 7.54.